The Bertz CT molecular complexity index is 868. The second kappa shape index (κ2) is 7.09. The van der Waals surface area contributed by atoms with Crippen molar-refractivity contribution in [3.05, 3.63) is 44.3 Å². The van der Waals surface area contributed by atoms with Gasteiger partial charge in [0.15, 0.2) is 11.5 Å². The highest BCUT2D eigenvalue weighted by atomic mass is 79.9. The Hall–Kier alpha value is -1.99. The maximum Gasteiger partial charge on any atom is 0.256 e. The fourth-order valence-electron chi connectivity index (χ4n) is 2.71. The number of anilines is 1. The summed E-state index contributed by atoms with van der Waals surface area (Å²) in [6.45, 7) is 0. The molecule has 130 valence electrons. The molecule has 0 unspecified atom stereocenters. The van der Waals surface area contributed by atoms with Crippen molar-refractivity contribution in [2.45, 2.75) is 0 Å². The zero-order valence-electron chi connectivity index (χ0n) is 13.8. The van der Waals surface area contributed by atoms with Crippen molar-refractivity contribution in [3.63, 3.8) is 0 Å². The molecule has 1 aliphatic rings. The lowest BCUT2D eigenvalue weighted by atomic mass is 10.0. The minimum Gasteiger partial charge on any atom is -0.493 e. The summed E-state index contributed by atoms with van der Waals surface area (Å²) in [5, 5.41) is 2.88. The normalized spacial score (nSPS) is 14.3. The molecule has 25 heavy (non-hydrogen) atoms. The van der Waals surface area contributed by atoms with Gasteiger partial charge in [-0.15, -0.1) is 0 Å². The topological polar surface area (TPSA) is 56.8 Å². The first-order chi connectivity index (χ1) is 12.0. The maximum atomic E-state index is 12.4. The number of hydrogen-bond donors (Lipinski definition) is 1. The number of carbonyl (C=O) groups is 1. The number of carbonyl (C=O) groups excluding carboxylic acids is 1. The summed E-state index contributed by atoms with van der Waals surface area (Å²) in [5.41, 5.74) is 2.90. The van der Waals surface area contributed by atoms with Gasteiger partial charge in [-0.2, -0.15) is 0 Å². The van der Waals surface area contributed by atoms with Crippen molar-refractivity contribution >= 4 is 55.1 Å². The highest BCUT2D eigenvalue weighted by Gasteiger charge is 2.27. The van der Waals surface area contributed by atoms with Gasteiger partial charge in [0.05, 0.1) is 27.0 Å². The summed E-state index contributed by atoms with van der Waals surface area (Å²) in [5.74, 6) is 1.40. The average molecular weight is 469 g/mol. The lowest BCUT2D eigenvalue weighted by Crippen LogP contribution is -2.04. The molecule has 0 aliphatic carbocycles. The summed E-state index contributed by atoms with van der Waals surface area (Å²) >= 11 is 6.93. The van der Waals surface area contributed by atoms with Crippen molar-refractivity contribution in [2.75, 3.05) is 26.6 Å². The van der Waals surface area contributed by atoms with Crippen molar-refractivity contribution in [1.29, 1.82) is 0 Å². The van der Waals surface area contributed by atoms with Gasteiger partial charge >= 0.3 is 0 Å². The van der Waals surface area contributed by atoms with Gasteiger partial charge in [0.25, 0.3) is 5.91 Å². The zero-order chi connectivity index (χ0) is 18.1. The lowest BCUT2D eigenvalue weighted by Gasteiger charge is -2.13. The number of hydrogen-bond acceptors (Lipinski definition) is 4. The smallest absolute Gasteiger partial charge is 0.256 e. The molecule has 5 nitrogen and oxygen atoms in total. The molecular formula is C18H15Br2NO4. The quantitative estimate of drug-likeness (QED) is 0.659. The minimum absolute atomic E-state index is 0.164. The van der Waals surface area contributed by atoms with Crippen LogP contribution >= 0.6 is 31.9 Å². The Morgan fingerprint density at radius 3 is 2.16 bits per heavy atom. The van der Waals surface area contributed by atoms with Crippen molar-refractivity contribution in [1.82, 2.24) is 0 Å². The van der Waals surface area contributed by atoms with Crippen molar-refractivity contribution in [3.8, 4) is 17.2 Å². The molecule has 0 aromatic heterocycles. The van der Waals surface area contributed by atoms with Crippen LogP contribution in [0.15, 0.2) is 33.2 Å². The number of amides is 1. The van der Waals surface area contributed by atoms with Crippen LogP contribution < -0.4 is 19.5 Å². The van der Waals surface area contributed by atoms with Crippen LogP contribution in [0, 0.1) is 0 Å². The molecule has 1 N–H and O–H groups in total. The number of nitrogens with one attached hydrogen (secondary N) is 1. The van der Waals surface area contributed by atoms with E-state index in [0.29, 0.717) is 22.8 Å². The van der Waals surface area contributed by atoms with Crippen LogP contribution in [-0.2, 0) is 4.79 Å². The van der Waals surface area contributed by atoms with Crippen molar-refractivity contribution < 1.29 is 19.0 Å². The number of benzene rings is 2. The van der Waals surface area contributed by atoms with Gasteiger partial charge in [-0.1, -0.05) is 15.9 Å². The second-order valence-electron chi connectivity index (χ2n) is 5.28. The Morgan fingerprint density at radius 1 is 0.960 bits per heavy atom. The van der Waals surface area contributed by atoms with Gasteiger partial charge < -0.3 is 19.5 Å². The van der Waals surface area contributed by atoms with E-state index in [1.54, 1.807) is 39.5 Å². The molecule has 3 rings (SSSR count). The first-order valence-corrected chi connectivity index (χ1v) is 8.89. The number of methoxy groups -OCH3 is 3. The standard InChI is InChI=1S/C18H15Br2NO4/c1-23-14-5-9(6-15(24-2)17(14)25-3)4-12-11-7-10(19)8-13(20)16(11)21-18(12)22/h4-8H,1-3H3,(H,21,22). The molecule has 2 aromatic carbocycles. The summed E-state index contributed by atoms with van der Waals surface area (Å²) in [4.78, 5) is 12.4. The fraction of sp³-hybridized carbons (Fsp3) is 0.167. The van der Waals surface area contributed by atoms with Crippen LogP contribution in [0.5, 0.6) is 17.2 Å². The molecule has 0 saturated carbocycles. The fourth-order valence-corrected chi connectivity index (χ4v) is 4.04. The van der Waals surface area contributed by atoms with Crippen LogP contribution in [0.4, 0.5) is 5.69 Å². The predicted molar refractivity (Wildman–Crippen MR) is 104 cm³/mol. The van der Waals surface area contributed by atoms with Gasteiger partial charge in [-0.3, -0.25) is 4.79 Å². The SMILES string of the molecule is COc1cc(C=C2C(=O)Nc3c(Br)cc(Br)cc32)cc(OC)c1OC. The van der Waals surface area contributed by atoms with E-state index < -0.39 is 0 Å². The first kappa shape index (κ1) is 17.8. The van der Waals surface area contributed by atoms with Crippen LogP contribution in [-0.4, -0.2) is 27.2 Å². The largest absolute Gasteiger partial charge is 0.493 e. The van der Waals surface area contributed by atoms with Gasteiger partial charge in [0.2, 0.25) is 5.75 Å². The Balaban J connectivity index is 2.15. The Labute approximate surface area is 162 Å². The zero-order valence-corrected chi connectivity index (χ0v) is 16.9. The van der Waals surface area contributed by atoms with Gasteiger partial charge in [0.1, 0.15) is 0 Å². The Morgan fingerprint density at radius 2 is 1.60 bits per heavy atom. The minimum atomic E-state index is -0.164. The summed E-state index contributed by atoms with van der Waals surface area (Å²) in [6, 6.07) is 7.39. The van der Waals surface area contributed by atoms with Crippen LogP contribution in [0.25, 0.3) is 11.6 Å². The molecule has 0 saturated heterocycles. The molecule has 7 heteroatoms. The van der Waals surface area contributed by atoms with Crippen LogP contribution in [0.2, 0.25) is 0 Å². The van der Waals surface area contributed by atoms with Crippen LogP contribution in [0.3, 0.4) is 0 Å². The molecule has 0 atom stereocenters. The highest BCUT2D eigenvalue weighted by molar-refractivity contribution is 9.11. The first-order valence-electron chi connectivity index (χ1n) is 7.31. The van der Waals surface area contributed by atoms with E-state index in [1.807, 2.05) is 12.1 Å². The third-order valence-electron chi connectivity index (χ3n) is 3.83. The van der Waals surface area contributed by atoms with Crippen molar-refractivity contribution in [2.24, 2.45) is 0 Å². The van der Waals surface area contributed by atoms with Gasteiger partial charge in [0, 0.05) is 20.1 Å². The van der Waals surface area contributed by atoms with E-state index in [4.69, 9.17) is 14.2 Å². The van der Waals surface area contributed by atoms with E-state index in [9.17, 15) is 4.79 Å². The van der Waals surface area contributed by atoms with E-state index >= 15 is 0 Å². The highest BCUT2D eigenvalue weighted by Crippen LogP contribution is 2.42. The van der Waals surface area contributed by atoms with E-state index in [1.165, 1.54) is 0 Å². The predicted octanol–water partition coefficient (Wildman–Crippen LogP) is 4.73. The van der Waals surface area contributed by atoms with Gasteiger partial charge in [-0.25, -0.2) is 0 Å². The molecular weight excluding hydrogens is 454 g/mol. The molecule has 0 spiro atoms. The summed E-state index contributed by atoms with van der Waals surface area (Å²) < 4.78 is 17.8. The molecule has 0 radical (unpaired) electrons. The third-order valence-corrected chi connectivity index (χ3v) is 4.91. The number of rotatable bonds is 4. The summed E-state index contributed by atoms with van der Waals surface area (Å²) in [6.07, 6.45) is 1.80. The molecule has 1 aliphatic heterocycles. The molecule has 0 fully saturated rings. The molecule has 1 amide bonds. The van der Waals surface area contributed by atoms with E-state index in [2.05, 4.69) is 37.2 Å². The molecule has 2 aromatic rings. The lowest BCUT2D eigenvalue weighted by molar-refractivity contribution is -0.110. The number of halogens is 2. The number of fused-ring (bicyclic) bond motifs is 1. The second-order valence-corrected chi connectivity index (χ2v) is 7.05. The number of ether oxygens (including phenoxy) is 3. The third kappa shape index (κ3) is 3.26. The van der Waals surface area contributed by atoms with E-state index in [0.717, 1.165) is 25.8 Å². The summed E-state index contributed by atoms with van der Waals surface area (Å²) in [7, 11) is 4.66. The average Bonchev–Trinajstić information content (AvgIpc) is 2.90. The molecule has 1 heterocycles. The van der Waals surface area contributed by atoms with Crippen LogP contribution in [0.1, 0.15) is 11.1 Å². The van der Waals surface area contributed by atoms with E-state index in [-0.39, 0.29) is 5.91 Å². The monoisotopic (exact) mass is 467 g/mol. The maximum absolute atomic E-state index is 12.4. The molecule has 0 bridgehead atoms. The van der Waals surface area contributed by atoms with Gasteiger partial charge in [-0.05, 0) is 51.8 Å². The Kier molecular flexibility index (Phi) is 5.06.